The van der Waals surface area contributed by atoms with Crippen LogP contribution in [0.25, 0.3) is 0 Å². The monoisotopic (exact) mass is 428 g/mol. The van der Waals surface area contributed by atoms with Crippen molar-refractivity contribution in [2.24, 2.45) is 5.92 Å². The number of morpholine rings is 1. The smallest absolute Gasteiger partial charge is 0.251 e. The van der Waals surface area contributed by atoms with Crippen LogP contribution in [0.2, 0.25) is 5.02 Å². The van der Waals surface area contributed by atoms with Crippen molar-refractivity contribution in [2.45, 2.75) is 69.6 Å². The van der Waals surface area contributed by atoms with Gasteiger partial charge in [0.1, 0.15) is 4.90 Å². The summed E-state index contributed by atoms with van der Waals surface area (Å²) in [6.45, 7) is 6.43. The first-order valence-corrected chi connectivity index (χ1v) is 11.7. The molecule has 2 atom stereocenters. The van der Waals surface area contributed by atoms with E-state index in [1.165, 1.54) is 16.4 Å². The number of carbonyl (C=O) groups excluding carboxylic acids is 1. The third-order valence-corrected chi connectivity index (χ3v) is 7.86. The lowest BCUT2D eigenvalue weighted by atomic mass is 9.87. The van der Waals surface area contributed by atoms with E-state index in [4.69, 9.17) is 16.3 Å². The van der Waals surface area contributed by atoms with E-state index >= 15 is 0 Å². The largest absolute Gasteiger partial charge is 0.373 e. The van der Waals surface area contributed by atoms with Gasteiger partial charge in [-0.05, 0) is 63.6 Å². The fraction of sp³-hybridized carbons (Fsp3) is 0.650. The number of nitrogens with one attached hydrogen (secondary N) is 1. The highest BCUT2D eigenvalue weighted by Gasteiger charge is 2.34. The minimum atomic E-state index is -3.81. The lowest BCUT2D eigenvalue weighted by Gasteiger charge is -2.34. The standard InChI is InChI=1S/C20H29ClN2O4S/c1-13-4-7-17(8-5-13)22-20(24)16-6-9-18(21)19(10-16)28(25,26)23-11-14(2)27-15(3)12-23/h6,9-10,13-15,17H,4-5,7-8,11-12H2,1-3H3,(H,22,24). The highest BCUT2D eigenvalue weighted by Crippen LogP contribution is 2.29. The van der Waals surface area contributed by atoms with Crippen molar-refractivity contribution in [3.63, 3.8) is 0 Å². The Hall–Kier alpha value is -1.15. The topological polar surface area (TPSA) is 75.7 Å². The highest BCUT2D eigenvalue weighted by molar-refractivity contribution is 7.89. The molecular weight excluding hydrogens is 400 g/mol. The number of carbonyl (C=O) groups is 1. The highest BCUT2D eigenvalue weighted by atomic mass is 35.5. The third-order valence-electron chi connectivity index (χ3n) is 5.55. The first-order chi connectivity index (χ1) is 13.2. The molecule has 1 heterocycles. The molecule has 8 heteroatoms. The van der Waals surface area contributed by atoms with Gasteiger partial charge in [0, 0.05) is 24.7 Å². The Balaban J connectivity index is 1.79. The minimum absolute atomic E-state index is 0.0274. The van der Waals surface area contributed by atoms with Crippen molar-refractivity contribution in [3.05, 3.63) is 28.8 Å². The first-order valence-electron chi connectivity index (χ1n) is 9.93. The maximum absolute atomic E-state index is 13.2. The molecule has 1 aliphatic heterocycles. The summed E-state index contributed by atoms with van der Waals surface area (Å²) in [5, 5.41) is 3.16. The summed E-state index contributed by atoms with van der Waals surface area (Å²) < 4.78 is 33.3. The van der Waals surface area contributed by atoms with Gasteiger partial charge in [0.15, 0.2) is 0 Å². The second kappa shape index (κ2) is 8.69. The van der Waals surface area contributed by atoms with Crippen LogP contribution >= 0.6 is 11.6 Å². The molecule has 1 aromatic carbocycles. The van der Waals surface area contributed by atoms with Gasteiger partial charge in [-0.15, -0.1) is 0 Å². The van der Waals surface area contributed by atoms with Crippen molar-refractivity contribution >= 4 is 27.5 Å². The Morgan fingerprint density at radius 3 is 2.32 bits per heavy atom. The van der Waals surface area contributed by atoms with E-state index in [-0.39, 0.29) is 47.2 Å². The molecule has 6 nitrogen and oxygen atoms in total. The molecular formula is C20H29ClN2O4S. The lowest BCUT2D eigenvalue weighted by Crippen LogP contribution is -2.48. The van der Waals surface area contributed by atoms with Gasteiger partial charge in [-0.25, -0.2) is 8.42 Å². The van der Waals surface area contributed by atoms with Gasteiger partial charge in [0.2, 0.25) is 10.0 Å². The van der Waals surface area contributed by atoms with Gasteiger partial charge in [-0.2, -0.15) is 4.31 Å². The van der Waals surface area contributed by atoms with Crippen LogP contribution in [0.1, 0.15) is 56.8 Å². The summed E-state index contributed by atoms with van der Waals surface area (Å²) in [7, 11) is -3.81. The first kappa shape index (κ1) is 21.6. The van der Waals surface area contributed by atoms with Crippen LogP contribution in [0.15, 0.2) is 23.1 Å². The molecule has 28 heavy (non-hydrogen) atoms. The van der Waals surface area contributed by atoms with E-state index in [0.717, 1.165) is 25.7 Å². The summed E-state index contributed by atoms with van der Waals surface area (Å²) in [6, 6.07) is 4.59. The maximum Gasteiger partial charge on any atom is 0.251 e. The third kappa shape index (κ3) is 4.87. The van der Waals surface area contributed by atoms with Crippen LogP contribution in [-0.4, -0.2) is 50.0 Å². The second-order valence-electron chi connectivity index (χ2n) is 8.15. The number of sulfonamides is 1. The van der Waals surface area contributed by atoms with E-state index in [2.05, 4.69) is 12.2 Å². The van der Waals surface area contributed by atoms with Gasteiger partial charge in [-0.1, -0.05) is 18.5 Å². The molecule has 1 N–H and O–H groups in total. The molecule has 1 amide bonds. The van der Waals surface area contributed by atoms with Gasteiger partial charge >= 0.3 is 0 Å². The van der Waals surface area contributed by atoms with Crippen molar-refractivity contribution in [1.29, 1.82) is 0 Å². The number of amides is 1. The molecule has 156 valence electrons. The normalized spacial score (nSPS) is 29.4. The maximum atomic E-state index is 13.2. The van der Waals surface area contributed by atoms with Crippen LogP contribution in [0.5, 0.6) is 0 Å². The number of nitrogens with zero attached hydrogens (tertiary/aromatic N) is 1. The number of benzene rings is 1. The number of rotatable bonds is 4. The van der Waals surface area contributed by atoms with Crippen LogP contribution in [0.3, 0.4) is 0 Å². The fourth-order valence-corrected chi connectivity index (χ4v) is 6.07. The number of hydrogen-bond acceptors (Lipinski definition) is 4. The zero-order valence-corrected chi connectivity index (χ0v) is 18.2. The molecule has 2 fully saturated rings. The Bertz CT molecular complexity index is 811. The Morgan fingerprint density at radius 1 is 1.11 bits per heavy atom. The van der Waals surface area contributed by atoms with E-state index in [0.29, 0.717) is 11.5 Å². The van der Waals surface area contributed by atoms with Crippen LogP contribution < -0.4 is 5.32 Å². The quantitative estimate of drug-likeness (QED) is 0.796. The van der Waals surface area contributed by atoms with Crippen LogP contribution in [-0.2, 0) is 14.8 Å². The van der Waals surface area contributed by atoms with Gasteiger partial charge in [0.25, 0.3) is 5.91 Å². The number of ether oxygens (including phenoxy) is 1. The molecule has 1 aromatic rings. The van der Waals surface area contributed by atoms with Crippen molar-refractivity contribution in [2.75, 3.05) is 13.1 Å². The van der Waals surface area contributed by atoms with E-state index in [1.807, 2.05) is 13.8 Å². The molecule has 0 spiro atoms. The van der Waals surface area contributed by atoms with Gasteiger partial charge in [0.05, 0.1) is 17.2 Å². The predicted molar refractivity (Wildman–Crippen MR) is 109 cm³/mol. The molecule has 1 saturated heterocycles. The Labute approximate surface area is 172 Å². The molecule has 1 aliphatic carbocycles. The Kier molecular flexibility index (Phi) is 6.69. The number of halogens is 1. The molecule has 0 aromatic heterocycles. The summed E-state index contributed by atoms with van der Waals surface area (Å²) in [5.41, 5.74) is 0.316. The molecule has 0 bridgehead atoms. The zero-order valence-electron chi connectivity index (χ0n) is 16.7. The Morgan fingerprint density at radius 2 is 1.71 bits per heavy atom. The SMILES string of the molecule is CC1CCC(NC(=O)c2ccc(Cl)c(S(=O)(=O)N3CC(C)OC(C)C3)c2)CC1. The summed E-state index contributed by atoms with van der Waals surface area (Å²) in [6.07, 6.45) is 3.71. The second-order valence-corrected chi connectivity index (χ2v) is 10.5. The van der Waals surface area contributed by atoms with Crippen LogP contribution in [0, 0.1) is 5.92 Å². The summed E-state index contributed by atoms with van der Waals surface area (Å²) >= 11 is 6.22. The molecule has 1 saturated carbocycles. The molecule has 2 unspecified atom stereocenters. The average Bonchev–Trinajstić information content (AvgIpc) is 2.63. The van der Waals surface area contributed by atoms with E-state index < -0.39 is 10.0 Å². The lowest BCUT2D eigenvalue weighted by molar-refractivity contribution is -0.0440. The summed E-state index contributed by atoms with van der Waals surface area (Å²) in [4.78, 5) is 12.7. The van der Waals surface area contributed by atoms with Crippen molar-refractivity contribution < 1.29 is 17.9 Å². The van der Waals surface area contributed by atoms with Crippen LogP contribution in [0.4, 0.5) is 0 Å². The zero-order chi connectivity index (χ0) is 20.5. The van der Waals surface area contributed by atoms with Gasteiger partial charge < -0.3 is 10.1 Å². The van der Waals surface area contributed by atoms with Crippen molar-refractivity contribution in [1.82, 2.24) is 9.62 Å². The summed E-state index contributed by atoms with van der Waals surface area (Å²) in [5.74, 6) is 0.440. The van der Waals surface area contributed by atoms with Gasteiger partial charge in [-0.3, -0.25) is 4.79 Å². The number of hydrogen-bond donors (Lipinski definition) is 1. The van der Waals surface area contributed by atoms with Crippen molar-refractivity contribution in [3.8, 4) is 0 Å². The minimum Gasteiger partial charge on any atom is -0.373 e. The van der Waals surface area contributed by atoms with E-state index in [1.54, 1.807) is 6.07 Å². The fourth-order valence-electron chi connectivity index (χ4n) is 3.98. The average molecular weight is 429 g/mol. The van der Waals surface area contributed by atoms with E-state index in [9.17, 15) is 13.2 Å². The predicted octanol–water partition coefficient (Wildman–Crippen LogP) is 3.45. The molecule has 3 rings (SSSR count). The molecule has 0 radical (unpaired) electrons. The molecule has 2 aliphatic rings.